The first kappa shape index (κ1) is 19.1. The number of halogens is 1. The van der Waals surface area contributed by atoms with E-state index in [4.69, 9.17) is 4.74 Å². The molecule has 1 amide bonds. The molecule has 1 aromatic carbocycles. The van der Waals surface area contributed by atoms with E-state index < -0.39 is 0 Å². The van der Waals surface area contributed by atoms with Crippen LogP contribution in [0.1, 0.15) is 48.7 Å². The van der Waals surface area contributed by atoms with Gasteiger partial charge in [-0.3, -0.25) is 9.59 Å². The molecule has 0 spiro atoms. The molecule has 1 atom stereocenters. The third kappa shape index (κ3) is 4.76. The molecular formula is C21H25FN2O3. The van der Waals surface area contributed by atoms with Crippen molar-refractivity contribution in [2.24, 2.45) is 5.92 Å². The molecule has 27 heavy (non-hydrogen) atoms. The van der Waals surface area contributed by atoms with E-state index in [2.05, 4.69) is 4.98 Å². The molecule has 1 N–H and O–H groups in total. The third-order valence-corrected chi connectivity index (χ3v) is 4.89. The number of carbonyl (C=O) groups is 1. The van der Waals surface area contributed by atoms with Gasteiger partial charge in [-0.05, 0) is 55.2 Å². The van der Waals surface area contributed by atoms with Gasteiger partial charge in [-0.15, -0.1) is 0 Å². The van der Waals surface area contributed by atoms with E-state index in [0.29, 0.717) is 25.4 Å². The van der Waals surface area contributed by atoms with Crippen molar-refractivity contribution in [1.29, 1.82) is 0 Å². The molecule has 2 aromatic rings. The Kier molecular flexibility index (Phi) is 5.94. The number of ether oxygens (including phenoxy) is 1. The van der Waals surface area contributed by atoms with Crippen molar-refractivity contribution in [2.45, 2.75) is 32.6 Å². The number of aromatic amines is 1. The number of amides is 1. The molecule has 2 heterocycles. The van der Waals surface area contributed by atoms with Crippen LogP contribution in [0.4, 0.5) is 4.39 Å². The van der Waals surface area contributed by atoms with Gasteiger partial charge in [0.15, 0.2) is 0 Å². The summed E-state index contributed by atoms with van der Waals surface area (Å²) in [5.74, 6) is 0.454. The maximum Gasteiger partial charge on any atom is 0.261 e. The van der Waals surface area contributed by atoms with Crippen molar-refractivity contribution in [3.8, 4) is 5.75 Å². The standard InChI is InChI=1S/C21H25FN2O3/c1-14(2)19-10-9-18(20(25)23-19)21(26)24-11-3-4-15(12-24)13-27-17-7-5-16(22)6-8-17/h5-10,14-15H,3-4,11-13H2,1-2H3,(H,23,25)/t15-/m0/s1. The Morgan fingerprint density at radius 3 is 2.67 bits per heavy atom. The third-order valence-electron chi connectivity index (χ3n) is 4.89. The van der Waals surface area contributed by atoms with Crippen LogP contribution in [0.3, 0.4) is 0 Å². The number of piperidine rings is 1. The SMILES string of the molecule is CC(C)c1ccc(C(=O)N2CCC[C@H](COc3ccc(F)cc3)C2)c(=O)[nH]1. The van der Waals surface area contributed by atoms with Gasteiger partial charge in [0.25, 0.3) is 11.5 Å². The van der Waals surface area contributed by atoms with Crippen LogP contribution in [0.2, 0.25) is 0 Å². The van der Waals surface area contributed by atoms with E-state index in [-0.39, 0.29) is 34.7 Å². The van der Waals surface area contributed by atoms with E-state index in [1.54, 1.807) is 29.2 Å². The molecule has 1 aromatic heterocycles. The lowest BCUT2D eigenvalue weighted by atomic mass is 9.98. The number of nitrogens with zero attached hydrogens (tertiary/aromatic N) is 1. The molecule has 0 aliphatic carbocycles. The second-order valence-electron chi connectivity index (χ2n) is 7.34. The molecule has 1 aliphatic heterocycles. The van der Waals surface area contributed by atoms with E-state index in [1.807, 2.05) is 13.8 Å². The predicted octanol–water partition coefficient (Wildman–Crippen LogP) is 3.57. The van der Waals surface area contributed by atoms with Crippen LogP contribution >= 0.6 is 0 Å². The minimum Gasteiger partial charge on any atom is -0.493 e. The summed E-state index contributed by atoms with van der Waals surface area (Å²) in [5.41, 5.74) is 0.663. The van der Waals surface area contributed by atoms with Crippen molar-refractivity contribution in [3.63, 3.8) is 0 Å². The highest BCUT2D eigenvalue weighted by Crippen LogP contribution is 2.20. The Labute approximate surface area is 158 Å². The summed E-state index contributed by atoms with van der Waals surface area (Å²) in [6.07, 6.45) is 1.82. The smallest absolute Gasteiger partial charge is 0.261 e. The molecule has 0 radical (unpaired) electrons. The molecular weight excluding hydrogens is 347 g/mol. The van der Waals surface area contributed by atoms with Crippen LogP contribution in [0.15, 0.2) is 41.2 Å². The molecule has 1 aliphatic rings. The highest BCUT2D eigenvalue weighted by atomic mass is 19.1. The normalized spacial score (nSPS) is 17.2. The van der Waals surface area contributed by atoms with Crippen LogP contribution in [-0.4, -0.2) is 35.5 Å². The number of carbonyl (C=O) groups excluding carboxylic acids is 1. The largest absolute Gasteiger partial charge is 0.493 e. The number of rotatable bonds is 5. The highest BCUT2D eigenvalue weighted by molar-refractivity contribution is 5.93. The summed E-state index contributed by atoms with van der Waals surface area (Å²) < 4.78 is 18.7. The zero-order valence-electron chi connectivity index (χ0n) is 15.7. The summed E-state index contributed by atoms with van der Waals surface area (Å²) in [7, 11) is 0. The lowest BCUT2D eigenvalue weighted by Gasteiger charge is -2.32. The van der Waals surface area contributed by atoms with Crippen molar-refractivity contribution >= 4 is 5.91 Å². The van der Waals surface area contributed by atoms with Crippen LogP contribution in [0, 0.1) is 11.7 Å². The van der Waals surface area contributed by atoms with E-state index >= 15 is 0 Å². The topological polar surface area (TPSA) is 62.4 Å². The average Bonchev–Trinajstić information content (AvgIpc) is 2.67. The van der Waals surface area contributed by atoms with E-state index in [9.17, 15) is 14.0 Å². The second-order valence-corrected chi connectivity index (χ2v) is 7.34. The number of H-pyrrole nitrogens is 1. The first-order valence-corrected chi connectivity index (χ1v) is 9.35. The van der Waals surface area contributed by atoms with E-state index in [1.165, 1.54) is 12.1 Å². The Balaban J connectivity index is 1.62. The quantitative estimate of drug-likeness (QED) is 0.873. The maximum absolute atomic E-state index is 13.0. The van der Waals surface area contributed by atoms with Crippen molar-refractivity contribution < 1.29 is 13.9 Å². The van der Waals surface area contributed by atoms with E-state index in [0.717, 1.165) is 18.5 Å². The molecule has 0 unspecified atom stereocenters. The van der Waals surface area contributed by atoms with Gasteiger partial charge in [0.1, 0.15) is 17.1 Å². The van der Waals surface area contributed by atoms with Crippen molar-refractivity contribution in [3.05, 3.63) is 63.8 Å². The fraction of sp³-hybridized carbons (Fsp3) is 0.429. The Hall–Kier alpha value is -2.63. The lowest BCUT2D eigenvalue weighted by Crippen LogP contribution is -2.43. The van der Waals surface area contributed by atoms with Gasteiger partial charge >= 0.3 is 0 Å². The van der Waals surface area contributed by atoms with Crippen LogP contribution in [0.5, 0.6) is 5.75 Å². The molecule has 1 saturated heterocycles. The monoisotopic (exact) mass is 372 g/mol. The summed E-state index contributed by atoms with van der Waals surface area (Å²) in [6, 6.07) is 9.33. The van der Waals surface area contributed by atoms with Gasteiger partial charge < -0.3 is 14.6 Å². The Morgan fingerprint density at radius 1 is 1.26 bits per heavy atom. The van der Waals surface area contributed by atoms with Gasteiger partial charge in [-0.1, -0.05) is 13.8 Å². The first-order chi connectivity index (χ1) is 12.9. The number of likely N-dealkylation sites (tertiary alicyclic amines) is 1. The first-order valence-electron chi connectivity index (χ1n) is 9.35. The minimum atomic E-state index is -0.337. The van der Waals surface area contributed by atoms with Crippen molar-refractivity contribution in [1.82, 2.24) is 9.88 Å². The van der Waals surface area contributed by atoms with Gasteiger partial charge in [0.05, 0.1) is 6.61 Å². The zero-order chi connectivity index (χ0) is 19.4. The highest BCUT2D eigenvalue weighted by Gasteiger charge is 2.26. The molecule has 144 valence electrons. The number of pyridine rings is 1. The minimum absolute atomic E-state index is 0.180. The molecule has 0 saturated carbocycles. The molecule has 3 rings (SSSR count). The lowest BCUT2D eigenvalue weighted by molar-refractivity contribution is 0.0631. The summed E-state index contributed by atoms with van der Waals surface area (Å²) >= 11 is 0. The summed E-state index contributed by atoms with van der Waals surface area (Å²) in [5, 5.41) is 0. The van der Waals surface area contributed by atoms with Crippen LogP contribution in [0.25, 0.3) is 0 Å². The van der Waals surface area contributed by atoms with Gasteiger partial charge in [0, 0.05) is 24.7 Å². The number of hydrogen-bond acceptors (Lipinski definition) is 3. The molecule has 1 fully saturated rings. The fourth-order valence-corrected chi connectivity index (χ4v) is 3.29. The molecule has 0 bridgehead atoms. The molecule has 6 heteroatoms. The second kappa shape index (κ2) is 8.37. The summed E-state index contributed by atoms with van der Waals surface area (Å²) in [4.78, 5) is 29.6. The number of hydrogen-bond donors (Lipinski definition) is 1. The van der Waals surface area contributed by atoms with Gasteiger partial charge in [-0.25, -0.2) is 4.39 Å². The molecule has 5 nitrogen and oxygen atoms in total. The number of aromatic nitrogens is 1. The van der Waals surface area contributed by atoms with Gasteiger partial charge in [0.2, 0.25) is 0 Å². The zero-order valence-corrected chi connectivity index (χ0v) is 15.7. The van der Waals surface area contributed by atoms with Crippen molar-refractivity contribution in [2.75, 3.05) is 19.7 Å². The van der Waals surface area contributed by atoms with Crippen LogP contribution < -0.4 is 10.3 Å². The predicted molar refractivity (Wildman–Crippen MR) is 102 cm³/mol. The number of benzene rings is 1. The maximum atomic E-state index is 13.0. The van der Waals surface area contributed by atoms with Gasteiger partial charge in [-0.2, -0.15) is 0 Å². The Morgan fingerprint density at radius 2 is 2.00 bits per heavy atom. The number of nitrogens with one attached hydrogen (secondary N) is 1. The fourth-order valence-electron chi connectivity index (χ4n) is 3.29. The van der Waals surface area contributed by atoms with Crippen LogP contribution in [-0.2, 0) is 0 Å². The summed E-state index contributed by atoms with van der Waals surface area (Å²) in [6.45, 7) is 5.62. The Bertz CT molecular complexity index is 845. The average molecular weight is 372 g/mol.